The van der Waals surface area contributed by atoms with Crippen molar-refractivity contribution in [1.82, 2.24) is 15.5 Å². The number of carbonyl (C=O) groups excluding carboxylic acids is 3. The Morgan fingerprint density at radius 3 is 2.70 bits per heavy atom. The van der Waals surface area contributed by atoms with Crippen molar-refractivity contribution in [3.63, 3.8) is 0 Å². The van der Waals surface area contributed by atoms with Crippen molar-refractivity contribution in [2.45, 2.75) is 57.4 Å². The minimum absolute atomic E-state index is 0.0250. The molecule has 20 heavy (non-hydrogen) atoms. The molecule has 0 atom stereocenters. The Hall–Kier alpha value is -1.59. The maximum absolute atomic E-state index is 12.3. The van der Waals surface area contributed by atoms with Gasteiger partial charge in [0.2, 0.25) is 5.91 Å². The lowest BCUT2D eigenvalue weighted by molar-refractivity contribution is -0.131. The van der Waals surface area contributed by atoms with Gasteiger partial charge >= 0.3 is 6.03 Å². The van der Waals surface area contributed by atoms with E-state index in [9.17, 15) is 14.4 Å². The van der Waals surface area contributed by atoms with E-state index < -0.39 is 5.54 Å². The first-order valence-electron chi connectivity index (χ1n) is 7.50. The van der Waals surface area contributed by atoms with E-state index in [0.717, 1.165) is 32.1 Å². The highest BCUT2D eigenvalue weighted by molar-refractivity contribution is 6.07. The molecule has 1 spiro atoms. The van der Waals surface area contributed by atoms with Crippen molar-refractivity contribution < 1.29 is 14.4 Å². The molecule has 2 fully saturated rings. The molecule has 0 aromatic heterocycles. The Morgan fingerprint density at radius 2 is 2.05 bits per heavy atom. The van der Waals surface area contributed by atoms with E-state index in [1.807, 2.05) is 6.92 Å². The zero-order valence-corrected chi connectivity index (χ0v) is 12.0. The van der Waals surface area contributed by atoms with Crippen LogP contribution < -0.4 is 10.6 Å². The molecule has 2 N–H and O–H groups in total. The van der Waals surface area contributed by atoms with Gasteiger partial charge in [0.05, 0.1) is 0 Å². The molecule has 112 valence electrons. The summed E-state index contributed by atoms with van der Waals surface area (Å²) in [4.78, 5) is 36.8. The predicted octanol–water partition coefficient (Wildman–Crippen LogP) is 1.16. The third kappa shape index (κ3) is 2.94. The summed E-state index contributed by atoms with van der Waals surface area (Å²) in [5, 5.41) is 5.64. The molecule has 1 aliphatic carbocycles. The van der Waals surface area contributed by atoms with Gasteiger partial charge in [-0.25, -0.2) is 4.79 Å². The number of urea groups is 1. The molecule has 1 aliphatic heterocycles. The van der Waals surface area contributed by atoms with Crippen LogP contribution in [-0.2, 0) is 9.59 Å². The standard InChI is InChI=1S/C14H23N3O3/c1-2-6-11(18)15-9-5-10-17-12(19)14(16-13(17)20)7-3-4-8-14/h2-10H2,1H3,(H,15,18)(H,16,20). The van der Waals surface area contributed by atoms with Crippen LogP contribution in [0.25, 0.3) is 0 Å². The van der Waals surface area contributed by atoms with Gasteiger partial charge in [-0.3, -0.25) is 14.5 Å². The fourth-order valence-electron chi connectivity index (χ4n) is 2.98. The van der Waals surface area contributed by atoms with Crippen molar-refractivity contribution in [3.05, 3.63) is 0 Å². The van der Waals surface area contributed by atoms with Crippen molar-refractivity contribution in [2.75, 3.05) is 13.1 Å². The Kier molecular flexibility index (Phi) is 4.62. The quantitative estimate of drug-likeness (QED) is 0.566. The lowest BCUT2D eigenvalue weighted by atomic mass is 9.98. The van der Waals surface area contributed by atoms with Gasteiger partial charge in [0.25, 0.3) is 5.91 Å². The van der Waals surface area contributed by atoms with Crippen LogP contribution in [0.1, 0.15) is 51.9 Å². The average Bonchev–Trinajstić information content (AvgIpc) is 2.95. The molecule has 1 saturated heterocycles. The molecule has 0 radical (unpaired) electrons. The fraction of sp³-hybridized carbons (Fsp3) is 0.786. The third-order valence-electron chi connectivity index (χ3n) is 4.06. The molecule has 4 amide bonds. The van der Waals surface area contributed by atoms with E-state index in [4.69, 9.17) is 0 Å². The first kappa shape index (κ1) is 14.8. The van der Waals surface area contributed by atoms with Crippen LogP contribution in [0.4, 0.5) is 4.79 Å². The summed E-state index contributed by atoms with van der Waals surface area (Å²) in [5.41, 5.74) is -0.622. The molecule has 0 aromatic carbocycles. The number of rotatable bonds is 6. The van der Waals surface area contributed by atoms with Gasteiger partial charge in [-0.05, 0) is 25.7 Å². The number of imide groups is 1. The van der Waals surface area contributed by atoms with Crippen LogP contribution in [0.3, 0.4) is 0 Å². The smallest absolute Gasteiger partial charge is 0.325 e. The number of hydrogen-bond donors (Lipinski definition) is 2. The van der Waals surface area contributed by atoms with Gasteiger partial charge in [0.1, 0.15) is 5.54 Å². The SMILES string of the molecule is CCCC(=O)NCCCN1C(=O)NC2(CCCC2)C1=O. The number of carbonyl (C=O) groups is 3. The lowest BCUT2D eigenvalue weighted by Crippen LogP contribution is -2.44. The van der Waals surface area contributed by atoms with Crippen LogP contribution in [0.15, 0.2) is 0 Å². The Labute approximate surface area is 119 Å². The van der Waals surface area contributed by atoms with Crippen LogP contribution in [0, 0.1) is 0 Å². The summed E-state index contributed by atoms with van der Waals surface area (Å²) >= 11 is 0. The zero-order chi connectivity index (χ0) is 14.6. The van der Waals surface area contributed by atoms with E-state index in [0.29, 0.717) is 25.9 Å². The number of nitrogens with one attached hydrogen (secondary N) is 2. The topological polar surface area (TPSA) is 78.5 Å². The maximum atomic E-state index is 12.3. The Balaban J connectivity index is 1.77. The highest BCUT2D eigenvalue weighted by atomic mass is 16.2. The second kappa shape index (κ2) is 6.24. The second-order valence-corrected chi connectivity index (χ2v) is 5.63. The van der Waals surface area contributed by atoms with Crippen LogP contribution in [-0.4, -0.2) is 41.4 Å². The summed E-state index contributed by atoms with van der Waals surface area (Å²) < 4.78 is 0. The Morgan fingerprint density at radius 1 is 1.35 bits per heavy atom. The minimum Gasteiger partial charge on any atom is -0.356 e. The molecule has 2 aliphatic rings. The summed E-state index contributed by atoms with van der Waals surface area (Å²) in [6, 6.07) is -0.281. The van der Waals surface area contributed by atoms with Gasteiger partial charge in [0.15, 0.2) is 0 Å². The zero-order valence-electron chi connectivity index (χ0n) is 12.0. The first-order chi connectivity index (χ1) is 9.59. The highest BCUT2D eigenvalue weighted by Crippen LogP contribution is 2.34. The van der Waals surface area contributed by atoms with Gasteiger partial charge in [-0.2, -0.15) is 0 Å². The fourth-order valence-corrected chi connectivity index (χ4v) is 2.98. The normalized spacial score (nSPS) is 20.6. The van der Waals surface area contributed by atoms with Crippen molar-refractivity contribution >= 4 is 17.8 Å². The summed E-state index contributed by atoms with van der Waals surface area (Å²) in [5.74, 6) is -0.0585. The first-order valence-corrected chi connectivity index (χ1v) is 7.50. The van der Waals surface area contributed by atoms with Crippen molar-refractivity contribution in [3.8, 4) is 0 Å². The van der Waals surface area contributed by atoms with E-state index in [-0.39, 0.29) is 17.8 Å². The monoisotopic (exact) mass is 281 g/mol. The van der Waals surface area contributed by atoms with Gasteiger partial charge < -0.3 is 10.6 Å². The number of hydrogen-bond acceptors (Lipinski definition) is 3. The molecular weight excluding hydrogens is 258 g/mol. The van der Waals surface area contributed by atoms with E-state index in [1.54, 1.807) is 0 Å². The van der Waals surface area contributed by atoms with Crippen LogP contribution in [0.2, 0.25) is 0 Å². The minimum atomic E-state index is -0.622. The molecule has 2 rings (SSSR count). The Bertz CT molecular complexity index is 402. The van der Waals surface area contributed by atoms with Crippen LogP contribution in [0.5, 0.6) is 0 Å². The summed E-state index contributed by atoms with van der Waals surface area (Å²) in [6.45, 7) is 2.83. The second-order valence-electron chi connectivity index (χ2n) is 5.63. The van der Waals surface area contributed by atoms with Crippen LogP contribution >= 0.6 is 0 Å². The summed E-state index contributed by atoms with van der Waals surface area (Å²) in [6.07, 6.45) is 5.43. The van der Waals surface area contributed by atoms with E-state index >= 15 is 0 Å². The van der Waals surface area contributed by atoms with Crippen molar-refractivity contribution in [2.24, 2.45) is 0 Å². The molecular formula is C14H23N3O3. The lowest BCUT2D eigenvalue weighted by Gasteiger charge is -2.20. The maximum Gasteiger partial charge on any atom is 0.325 e. The predicted molar refractivity (Wildman–Crippen MR) is 74.0 cm³/mol. The molecule has 0 bridgehead atoms. The molecule has 1 saturated carbocycles. The van der Waals surface area contributed by atoms with E-state index in [1.165, 1.54) is 4.90 Å². The van der Waals surface area contributed by atoms with Gasteiger partial charge in [0, 0.05) is 19.5 Å². The third-order valence-corrected chi connectivity index (χ3v) is 4.06. The van der Waals surface area contributed by atoms with E-state index in [2.05, 4.69) is 10.6 Å². The number of nitrogens with zero attached hydrogens (tertiary/aromatic N) is 1. The average molecular weight is 281 g/mol. The molecule has 0 aromatic rings. The number of amides is 4. The molecule has 1 heterocycles. The highest BCUT2D eigenvalue weighted by Gasteiger charge is 2.51. The summed E-state index contributed by atoms with van der Waals surface area (Å²) in [7, 11) is 0. The molecule has 6 nitrogen and oxygen atoms in total. The largest absolute Gasteiger partial charge is 0.356 e. The van der Waals surface area contributed by atoms with Crippen molar-refractivity contribution in [1.29, 1.82) is 0 Å². The van der Waals surface area contributed by atoms with Gasteiger partial charge in [-0.15, -0.1) is 0 Å². The molecule has 6 heteroatoms. The molecule has 0 unspecified atom stereocenters. The van der Waals surface area contributed by atoms with Gasteiger partial charge in [-0.1, -0.05) is 19.8 Å².